The van der Waals surface area contributed by atoms with Crippen LogP contribution in [0.4, 0.5) is 4.39 Å². The molecule has 0 bridgehead atoms. The molecule has 2 heterocycles. The SMILES string of the molecule is CCCCCCC1CNCC(NC(=O)C(C(C)C)C(CC2(C3(CCCC)CC3)CCCC2)NCC(F)CC)C1C1CC(C)C(C2CCCC2)CN1CC. The van der Waals surface area contributed by atoms with Crippen molar-refractivity contribution in [3.05, 3.63) is 0 Å². The summed E-state index contributed by atoms with van der Waals surface area (Å²) in [4.78, 5) is 18.0. The molecule has 3 aliphatic carbocycles. The van der Waals surface area contributed by atoms with Crippen molar-refractivity contribution >= 4 is 5.91 Å². The second-order valence-corrected chi connectivity index (χ2v) is 19.9. The minimum absolute atomic E-state index is 0.00542. The van der Waals surface area contributed by atoms with Gasteiger partial charge in [-0.25, -0.2) is 4.39 Å². The van der Waals surface area contributed by atoms with Crippen LogP contribution < -0.4 is 16.0 Å². The van der Waals surface area contributed by atoms with E-state index in [4.69, 9.17) is 0 Å². The number of piperidine rings is 2. The average molecular weight is 743 g/mol. The van der Waals surface area contributed by atoms with E-state index in [1.165, 1.54) is 129 Å². The Bertz CT molecular complexity index is 1070. The average Bonchev–Trinajstić information content (AvgIpc) is 3.49. The molecule has 5 rings (SSSR count). The number of unbranched alkanes of at least 4 members (excludes halogenated alkanes) is 4. The van der Waals surface area contributed by atoms with Crippen molar-refractivity contribution in [1.29, 1.82) is 0 Å². The summed E-state index contributed by atoms with van der Waals surface area (Å²) in [6, 6.07) is 0.661. The van der Waals surface area contributed by atoms with E-state index in [1.807, 2.05) is 6.92 Å². The molecule has 5 nitrogen and oxygen atoms in total. The van der Waals surface area contributed by atoms with E-state index in [-0.39, 0.29) is 29.8 Å². The highest BCUT2D eigenvalue weighted by molar-refractivity contribution is 5.80. The molecule has 3 saturated carbocycles. The molecular weight excluding hydrogens is 656 g/mol. The van der Waals surface area contributed by atoms with Crippen molar-refractivity contribution in [2.24, 2.45) is 52.3 Å². The third-order valence-corrected chi connectivity index (χ3v) is 16.3. The Kier molecular flexibility index (Phi) is 16.9. The lowest BCUT2D eigenvalue weighted by atomic mass is 9.63. The molecule has 3 N–H and O–H groups in total. The van der Waals surface area contributed by atoms with E-state index in [2.05, 4.69) is 62.4 Å². The van der Waals surface area contributed by atoms with Gasteiger partial charge in [0.15, 0.2) is 0 Å². The fraction of sp³-hybridized carbons (Fsp3) is 0.979. The summed E-state index contributed by atoms with van der Waals surface area (Å²) in [6.07, 6.45) is 25.9. The summed E-state index contributed by atoms with van der Waals surface area (Å²) in [5.74, 6) is 3.77. The number of hydrogen-bond acceptors (Lipinski definition) is 4. The molecule has 308 valence electrons. The molecule has 9 atom stereocenters. The molecule has 0 aromatic carbocycles. The number of carbonyl (C=O) groups is 1. The molecular formula is C47H87FN4O. The summed E-state index contributed by atoms with van der Waals surface area (Å²) >= 11 is 0. The van der Waals surface area contributed by atoms with Gasteiger partial charge < -0.3 is 16.0 Å². The van der Waals surface area contributed by atoms with Gasteiger partial charge in [-0.15, -0.1) is 0 Å². The predicted octanol–water partition coefficient (Wildman–Crippen LogP) is 10.7. The summed E-state index contributed by atoms with van der Waals surface area (Å²) in [6.45, 7) is 20.7. The Hall–Kier alpha value is -0.720. The molecule has 5 aliphatic rings. The maximum Gasteiger partial charge on any atom is 0.225 e. The summed E-state index contributed by atoms with van der Waals surface area (Å²) in [5.41, 5.74) is 0.734. The van der Waals surface area contributed by atoms with Gasteiger partial charge in [0.05, 0.1) is 5.92 Å². The first-order valence-electron chi connectivity index (χ1n) is 23.7. The maximum atomic E-state index is 15.1. The highest BCUT2D eigenvalue weighted by Gasteiger charge is 2.60. The lowest BCUT2D eigenvalue weighted by Gasteiger charge is -2.53. The van der Waals surface area contributed by atoms with E-state index >= 15 is 9.18 Å². The van der Waals surface area contributed by atoms with Crippen molar-refractivity contribution in [3.63, 3.8) is 0 Å². The van der Waals surface area contributed by atoms with Crippen LogP contribution in [-0.2, 0) is 4.79 Å². The van der Waals surface area contributed by atoms with Crippen LogP contribution in [0.25, 0.3) is 0 Å². The van der Waals surface area contributed by atoms with Gasteiger partial charge >= 0.3 is 0 Å². The van der Waals surface area contributed by atoms with Crippen molar-refractivity contribution in [3.8, 4) is 0 Å². The van der Waals surface area contributed by atoms with Crippen LogP contribution in [0.3, 0.4) is 0 Å². The number of carbonyl (C=O) groups excluding carboxylic acids is 1. The number of hydrogen-bond donors (Lipinski definition) is 3. The molecule has 2 aliphatic heterocycles. The van der Waals surface area contributed by atoms with Gasteiger partial charge in [-0.2, -0.15) is 0 Å². The monoisotopic (exact) mass is 743 g/mol. The number of nitrogens with one attached hydrogen (secondary N) is 3. The van der Waals surface area contributed by atoms with Gasteiger partial charge in [0.2, 0.25) is 5.91 Å². The lowest BCUT2D eigenvalue weighted by molar-refractivity contribution is -0.130. The van der Waals surface area contributed by atoms with Crippen LogP contribution in [0.1, 0.15) is 183 Å². The van der Waals surface area contributed by atoms with Crippen molar-refractivity contribution < 1.29 is 9.18 Å². The molecule has 5 fully saturated rings. The van der Waals surface area contributed by atoms with E-state index in [9.17, 15) is 0 Å². The first-order valence-corrected chi connectivity index (χ1v) is 23.7. The first kappa shape index (κ1) is 43.4. The van der Waals surface area contributed by atoms with Gasteiger partial charge in [-0.05, 0) is 117 Å². The lowest BCUT2D eigenvalue weighted by Crippen LogP contribution is -2.64. The third kappa shape index (κ3) is 10.6. The second-order valence-electron chi connectivity index (χ2n) is 19.9. The molecule has 53 heavy (non-hydrogen) atoms. The van der Waals surface area contributed by atoms with Gasteiger partial charge in [-0.3, -0.25) is 9.69 Å². The molecule has 0 radical (unpaired) electrons. The number of likely N-dealkylation sites (tertiary alicyclic amines) is 1. The summed E-state index contributed by atoms with van der Waals surface area (Å²) in [5, 5.41) is 11.5. The molecule has 0 aromatic rings. The summed E-state index contributed by atoms with van der Waals surface area (Å²) in [7, 11) is 0. The number of rotatable bonds is 22. The standard InChI is InChI=1S/C47H87FN4O/c1-8-12-14-15-22-37-30-49-32-41(44(37)42-28-35(7)39(33-52(42)11-4)36-20-16-17-21-36)51-45(53)43(34(5)6)40(50-31-38(48)10-3)29-47(24-18-19-25-47)46(26-27-46)23-13-9-2/h34-44,49-50H,8-33H2,1-7H3,(H,51,53). The van der Waals surface area contributed by atoms with Crippen LogP contribution in [-0.4, -0.2) is 67.8 Å². The smallest absolute Gasteiger partial charge is 0.225 e. The Morgan fingerprint density at radius 3 is 2.25 bits per heavy atom. The van der Waals surface area contributed by atoms with Crippen LogP contribution in [0.5, 0.6) is 0 Å². The van der Waals surface area contributed by atoms with Crippen molar-refractivity contribution in [2.45, 2.75) is 208 Å². The topological polar surface area (TPSA) is 56.4 Å². The summed E-state index contributed by atoms with van der Waals surface area (Å²) < 4.78 is 15.1. The number of nitrogens with zero attached hydrogens (tertiary/aromatic N) is 1. The molecule has 0 spiro atoms. The maximum absolute atomic E-state index is 15.1. The molecule has 2 saturated heterocycles. The zero-order chi connectivity index (χ0) is 38.0. The van der Waals surface area contributed by atoms with Crippen LogP contribution in [0.2, 0.25) is 0 Å². The molecule has 9 unspecified atom stereocenters. The van der Waals surface area contributed by atoms with Crippen molar-refractivity contribution in [1.82, 2.24) is 20.9 Å². The predicted molar refractivity (Wildman–Crippen MR) is 223 cm³/mol. The van der Waals surface area contributed by atoms with E-state index in [0.717, 1.165) is 43.8 Å². The number of amides is 1. The minimum atomic E-state index is -0.871. The molecule has 0 aromatic heterocycles. The Morgan fingerprint density at radius 1 is 0.906 bits per heavy atom. The zero-order valence-corrected chi connectivity index (χ0v) is 36.0. The fourth-order valence-electron chi connectivity index (χ4n) is 13.1. The third-order valence-electron chi connectivity index (χ3n) is 16.3. The zero-order valence-electron chi connectivity index (χ0n) is 36.0. The van der Waals surface area contributed by atoms with Gasteiger partial charge in [-0.1, -0.05) is 126 Å². The van der Waals surface area contributed by atoms with Crippen LogP contribution in [0.15, 0.2) is 0 Å². The number of halogens is 1. The minimum Gasteiger partial charge on any atom is -0.351 e. The van der Waals surface area contributed by atoms with E-state index in [1.54, 1.807) is 0 Å². The van der Waals surface area contributed by atoms with Gasteiger partial charge in [0.1, 0.15) is 6.17 Å². The Balaban J connectivity index is 1.40. The Labute approximate surface area is 327 Å². The van der Waals surface area contributed by atoms with E-state index < -0.39 is 6.17 Å². The number of alkyl halides is 1. The Morgan fingerprint density at radius 2 is 1.62 bits per heavy atom. The van der Waals surface area contributed by atoms with Crippen molar-refractivity contribution in [2.75, 3.05) is 32.7 Å². The van der Waals surface area contributed by atoms with Gasteiger partial charge in [0, 0.05) is 37.8 Å². The normalized spacial score (nSPS) is 32.2. The first-order chi connectivity index (χ1) is 25.6. The quantitative estimate of drug-likeness (QED) is 0.0967. The highest BCUT2D eigenvalue weighted by Crippen LogP contribution is 2.69. The van der Waals surface area contributed by atoms with Gasteiger partial charge in [0.25, 0.3) is 0 Å². The second kappa shape index (κ2) is 20.6. The van der Waals surface area contributed by atoms with Crippen LogP contribution >= 0.6 is 0 Å². The molecule has 6 heteroatoms. The van der Waals surface area contributed by atoms with E-state index in [0.29, 0.717) is 41.7 Å². The molecule has 1 amide bonds. The largest absolute Gasteiger partial charge is 0.351 e. The van der Waals surface area contributed by atoms with Crippen LogP contribution in [0, 0.1) is 52.3 Å². The fourth-order valence-corrected chi connectivity index (χ4v) is 13.1. The highest BCUT2D eigenvalue weighted by atomic mass is 19.1.